The summed E-state index contributed by atoms with van der Waals surface area (Å²) in [4.78, 5) is 0. The molecule has 0 aromatic heterocycles. The van der Waals surface area contributed by atoms with Gasteiger partial charge in [0.1, 0.15) is 12.1 Å². The van der Waals surface area contributed by atoms with E-state index in [1.54, 1.807) is 0 Å². The highest BCUT2D eigenvalue weighted by molar-refractivity contribution is 5.26. The SMILES string of the molecule is C#CC1C(c2ccccc2)N=NN1Cc1ccccc1. The Bertz CT molecular complexity index is 628. The predicted molar refractivity (Wildman–Crippen MR) is 78.6 cm³/mol. The van der Waals surface area contributed by atoms with Crippen molar-refractivity contribution in [2.45, 2.75) is 18.6 Å². The standard InChI is InChI=1S/C17H15N3/c1-2-16-17(15-11-7-4-8-12-15)18-19-20(16)13-14-9-5-3-6-10-14/h1,3-12,16-17H,13H2. The molecule has 0 saturated heterocycles. The Balaban J connectivity index is 1.79. The third-order valence-electron chi connectivity index (χ3n) is 3.41. The van der Waals surface area contributed by atoms with E-state index >= 15 is 0 Å². The molecule has 1 aliphatic rings. The monoisotopic (exact) mass is 261 g/mol. The fraction of sp³-hybridized carbons (Fsp3) is 0.176. The Morgan fingerprint density at radius 3 is 2.30 bits per heavy atom. The van der Waals surface area contributed by atoms with Gasteiger partial charge in [0.2, 0.25) is 0 Å². The Morgan fingerprint density at radius 1 is 1.00 bits per heavy atom. The molecule has 3 nitrogen and oxygen atoms in total. The van der Waals surface area contributed by atoms with Crippen molar-refractivity contribution >= 4 is 0 Å². The van der Waals surface area contributed by atoms with Crippen molar-refractivity contribution < 1.29 is 0 Å². The van der Waals surface area contributed by atoms with Crippen LogP contribution < -0.4 is 0 Å². The van der Waals surface area contributed by atoms with Crippen molar-refractivity contribution in [2.24, 2.45) is 10.3 Å². The van der Waals surface area contributed by atoms with Crippen molar-refractivity contribution in [1.29, 1.82) is 0 Å². The van der Waals surface area contributed by atoms with Gasteiger partial charge in [-0.3, -0.25) is 5.01 Å². The molecule has 0 amide bonds. The topological polar surface area (TPSA) is 28.0 Å². The van der Waals surface area contributed by atoms with Gasteiger partial charge in [0.15, 0.2) is 0 Å². The van der Waals surface area contributed by atoms with E-state index in [2.05, 4.69) is 28.4 Å². The molecule has 1 aliphatic heterocycles. The third-order valence-corrected chi connectivity index (χ3v) is 3.41. The van der Waals surface area contributed by atoms with Gasteiger partial charge in [0.25, 0.3) is 0 Å². The average molecular weight is 261 g/mol. The molecule has 0 spiro atoms. The second-order valence-corrected chi connectivity index (χ2v) is 4.76. The summed E-state index contributed by atoms with van der Waals surface area (Å²) < 4.78 is 0. The van der Waals surface area contributed by atoms with Crippen LogP contribution in [0.15, 0.2) is 71.0 Å². The minimum Gasteiger partial charge on any atom is -0.257 e. The van der Waals surface area contributed by atoms with Crippen molar-refractivity contribution in [3.8, 4) is 12.3 Å². The number of hydrogen-bond donors (Lipinski definition) is 0. The fourth-order valence-corrected chi connectivity index (χ4v) is 2.38. The Hall–Kier alpha value is -2.60. The lowest BCUT2D eigenvalue weighted by atomic mass is 10.0. The van der Waals surface area contributed by atoms with E-state index in [9.17, 15) is 0 Å². The van der Waals surface area contributed by atoms with Crippen LogP contribution in [-0.2, 0) is 6.54 Å². The summed E-state index contributed by atoms with van der Waals surface area (Å²) in [6.07, 6.45) is 5.69. The van der Waals surface area contributed by atoms with E-state index in [0.29, 0.717) is 6.54 Å². The van der Waals surface area contributed by atoms with Gasteiger partial charge in [-0.25, -0.2) is 0 Å². The van der Waals surface area contributed by atoms with E-state index in [1.807, 2.05) is 53.5 Å². The zero-order chi connectivity index (χ0) is 13.8. The van der Waals surface area contributed by atoms with Crippen LogP contribution in [0.5, 0.6) is 0 Å². The normalized spacial score (nSPS) is 20.9. The van der Waals surface area contributed by atoms with Gasteiger partial charge >= 0.3 is 0 Å². The lowest BCUT2D eigenvalue weighted by molar-refractivity contribution is 0.254. The Labute approximate surface area is 118 Å². The molecule has 2 atom stereocenters. The second-order valence-electron chi connectivity index (χ2n) is 4.76. The van der Waals surface area contributed by atoms with Gasteiger partial charge in [-0.2, -0.15) is 5.11 Å². The summed E-state index contributed by atoms with van der Waals surface area (Å²) in [5.41, 5.74) is 2.29. The zero-order valence-corrected chi connectivity index (χ0v) is 11.1. The molecule has 0 bridgehead atoms. The highest BCUT2D eigenvalue weighted by atomic mass is 15.6. The van der Waals surface area contributed by atoms with Crippen LogP contribution in [0.1, 0.15) is 17.2 Å². The summed E-state index contributed by atoms with van der Waals surface area (Å²) >= 11 is 0. The van der Waals surface area contributed by atoms with E-state index in [4.69, 9.17) is 6.42 Å². The zero-order valence-electron chi connectivity index (χ0n) is 11.1. The summed E-state index contributed by atoms with van der Waals surface area (Å²) in [5, 5.41) is 10.5. The average Bonchev–Trinajstić information content (AvgIpc) is 2.92. The molecule has 98 valence electrons. The molecule has 3 rings (SSSR count). The second kappa shape index (κ2) is 5.58. The molecule has 20 heavy (non-hydrogen) atoms. The first kappa shape index (κ1) is 12.4. The molecule has 2 aromatic rings. The maximum Gasteiger partial charge on any atom is 0.137 e. The summed E-state index contributed by atoms with van der Waals surface area (Å²) in [7, 11) is 0. The first-order valence-corrected chi connectivity index (χ1v) is 6.61. The van der Waals surface area contributed by atoms with Gasteiger partial charge < -0.3 is 0 Å². The first-order valence-electron chi connectivity index (χ1n) is 6.61. The molecule has 0 N–H and O–H groups in total. The Kier molecular flexibility index (Phi) is 3.47. The quantitative estimate of drug-likeness (QED) is 0.776. The van der Waals surface area contributed by atoms with Crippen molar-refractivity contribution in [1.82, 2.24) is 5.01 Å². The number of rotatable bonds is 3. The minimum atomic E-state index is -0.127. The van der Waals surface area contributed by atoms with E-state index in [-0.39, 0.29) is 12.1 Å². The smallest absolute Gasteiger partial charge is 0.137 e. The van der Waals surface area contributed by atoms with Crippen molar-refractivity contribution in [2.75, 3.05) is 0 Å². The molecular weight excluding hydrogens is 246 g/mol. The predicted octanol–water partition coefficient (Wildman–Crippen LogP) is 3.61. The van der Waals surface area contributed by atoms with Crippen LogP contribution in [0.3, 0.4) is 0 Å². The number of terminal acetylenes is 1. The number of benzene rings is 2. The largest absolute Gasteiger partial charge is 0.257 e. The molecule has 0 saturated carbocycles. The summed E-state index contributed by atoms with van der Waals surface area (Å²) in [6, 6.07) is 20.0. The van der Waals surface area contributed by atoms with Crippen LogP contribution in [0.25, 0.3) is 0 Å². The molecular formula is C17H15N3. The van der Waals surface area contributed by atoms with E-state index in [1.165, 1.54) is 5.56 Å². The highest BCUT2D eigenvalue weighted by Crippen LogP contribution is 2.31. The molecule has 2 unspecified atom stereocenters. The molecule has 0 aliphatic carbocycles. The number of hydrogen-bond acceptors (Lipinski definition) is 3. The first-order chi connectivity index (χ1) is 9.88. The molecule has 0 fully saturated rings. The lowest BCUT2D eigenvalue weighted by Gasteiger charge is -2.21. The third kappa shape index (κ3) is 2.41. The van der Waals surface area contributed by atoms with E-state index < -0.39 is 0 Å². The Morgan fingerprint density at radius 2 is 1.65 bits per heavy atom. The summed E-state index contributed by atoms with van der Waals surface area (Å²) in [6.45, 7) is 0.683. The molecule has 0 radical (unpaired) electrons. The lowest BCUT2D eigenvalue weighted by Crippen LogP contribution is -2.29. The van der Waals surface area contributed by atoms with Crippen LogP contribution in [0, 0.1) is 12.3 Å². The highest BCUT2D eigenvalue weighted by Gasteiger charge is 2.32. The van der Waals surface area contributed by atoms with Gasteiger partial charge in [0.05, 0.1) is 6.54 Å². The fourth-order valence-electron chi connectivity index (χ4n) is 2.38. The van der Waals surface area contributed by atoms with Gasteiger partial charge in [0, 0.05) is 0 Å². The minimum absolute atomic E-state index is 0.0788. The van der Waals surface area contributed by atoms with Gasteiger partial charge in [-0.05, 0) is 11.1 Å². The molecule has 3 heteroatoms. The van der Waals surface area contributed by atoms with Gasteiger partial charge in [-0.1, -0.05) is 71.8 Å². The maximum absolute atomic E-state index is 5.69. The van der Waals surface area contributed by atoms with E-state index in [0.717, 1.165) is 5.56 Å². The van der Waals surface area contributed by atoms with Crippen LogP contribution in [0.2, 0.25) is 0 Å². The van der Waals surface area contributed by atoms with Crippen LogP contribution >= 0.6 is 0 Å². The number of nitrogens with zero attached hydrogens (tertiary/aromatic N) is 3. The van der Waals surface area contributed by atoms with Crippen LogP contribution in [-0.4, -0.2) is 11.1 Å². The molecule has 1 heterocycles. The van der Waals surface area contributed by atoms with Crippen LogP contribution in [0.4, 0.5) is 0 Å². The molecule has 2 aromatic carbocycles. The van der Waals surface area contributed by atoms with Crippen molar-refractivity contribution in [3.63, 3.8) is 0 Å². The maximum atomic E-state index is 5.69. The van der Waals surface area contributed by atoms with Crippen molar-refractivity contribution in [3.05, 3.63) is 71.8 Å². The summed E-state index contributed by atoms with van der Waals surface area (Å²) in [5.74, 6) is 2.82. The van der Waals surface area contributed by atoms with Gasteiger partial charge in [-0.15, -0.1) is 6.42 Å².